The van der Waals surface area contributed by atoms with Crippen molar-refractivity contribution in [2.75, 3.05) is 6.79 Å². The van der Waals surface area contributed by atoms with E-state index in [9.17, 15) is 4.79 Å². The van der Waals surface area contributed by atoms with Crippen LogP contribution in [0.1, 0.15) is 46.0 Å². The number of furan rings is 1. The van der Waals surface area contributed by atoms with Gasteiger partial charge in [0.15, 0.2) is 17.3 Å². The maximum absolute atomic E-state index is 12.8. The SMILES string of the molecule is CC(NC(=O)c1ccc(CN(Cc2ccccc2)Cc2ccc3c(c2)OCO3)o1)c1ccccc1. The van der Waals surface area contributed by atoms with Crippen LogP contribution in [0.3, 0.4) is 0 Å². The Morgan fingerprint density at radius 3 is 2.34 bits per heavy atom. The molecule has 0 radical (unpaired) electrons. The summed E-state index contributed by atoms with van der Waals surface area (Å²) in [5.74, 6) is 2.36. The van der Waals surface area contributed by atoms with Crippen LogP contribution < -0.4 is 14.8 Å². The normalized spacial score (nSPS) is 13.1. The summed E-state index contributed by atoms with van der Waals surface area (Å²) in [4.78, 5) is 15.1. The summed E-state index contributed by atoms with van der Waals surface area (Å²) in [5.41, 5.74) is 3.37. The van der Waals surface area contributed by atoms with Gasteiger partial charge in [0.25, 0.3) is 5.91 Å². The second-order valence-corrected chi connectivity index (χ2v) is 8.69. The van der Waals surface area contributed by atoms with Crippen LogP contribution >= 0.6 is 0 Å². The van der Waals surface area contributed by atoms with Gasteiger partial charge in [-0.05, 0) is 47.9 Å². The van der Waals surface area contributed by atoms with Crippen LogP contribution in [0, 0.1) is 0 Å². The van der Waals surface area contributed by atoms with E-state index in [2.05, 4.69) is 28.4 Å². The summed E-state index contributed by atoms with van der Waals surface area (Å²) in [6.45, 7) is 4.21. The number of carbonyl (C=O) groups excluding carboxylic acids is 1. The molecule has 1 amide bonds. The maximum atomic E-state index is 12.8. The van der Waals surface area contributed by atoms with Crippen molar-refractivity contribution in [3.63, 3.8) is 0 Å². The molecule has 5 rings (SSSR count). The molecule has 1 atom stereocenters. The number of ether oxygens (including phenoxy) is 2. The number of nitrogens with one attached hydrogen (secondary N) is 1. The molecule has 0 saturated carbocycles. The van der Waals surface area contributed by atoms with Crippen LogP contribution in [0.2, 0.25) is 0 Å². The molecule has 4 aromatic rings. The van der Waals surface area contributed by atoms with Gasteiger partial charge >= 0.3 is 0 Å². The lowest BCUT2D eigenvalue weighted by Crippen LogP contribution is -2.26. The van der Waals surface area contributed by atoms with Crippen molar-refractivity contribution in [1.82, 2.24) is 10.2 Å². The third-order valence-electron chi connectivity index (χ3n) is 6.00. The van der Waals surface area contributed by atoms with Gasteiger partial charge in [-0.1, -0.05) is 66.7 Å². The van der Waals surface area contributed by atoms with E-state index < -0.39 is 0 Å². The zero-order chi connectivity index (χ0) is 24.0. The quantitative estimate of drug-likeness (QED) is 0.341. The number of amides is 1. The lowest BCUT2D eigenvalue weighted by molar-refractivity contribution is 0.0907. The van der Waals surface area contributed by atoms with Crippen molar-refractivity contribution in [1.29, 1.82) is 0 Å². The predicted octanol–water partition coefficient (Wildman–Crippen LogP) is 5.70. The zero-order valence-electron chi connectivity index (χ0n) is 19.6. The van der Waals surface area contributed by atoms with Gasteiger partial charge in [0.2, 0.25) is 6.79 Å². The van der Waals surface area contributed by atoms with E-state index in [0.717, 1.165) is 34.9 Å². The molecule has 1 aromatic heterocycles. The molecule has 1 N–H and O–H groups in total. The first kappa shape index (κ1) is 22.7. The average Bonchev–Trinajstić information content (AvgIpc) is 3.54. The van der Waals surface area contributed by atoms with Crippen LogP contribution in [-0.4, -0.2) is 17.6 Å². The minimum Gasteiger partial charge on any atom is -0.455 e. The highest BCUT2D eigenvalue weighted by Crippen LogP contribution is 2.33. The zero-order valence-corrected chi connectivity index (χ0v) is 19.6. The fourth-order valence-corrected chi connectivity index (χ4v) is 4.20. The van der Waals surface area contributed by atoms with Crippen LogP contribution in [0.4, 0.5) is 0 Å². The summed E-state index contributed by atoms with van der Waals surface area (Å²) in [7, 11) is 0. The predicted molar refractivity (Wildman–Crippen MR) is 133 cm³/mol. The Labute approximate surface area is 205 Å². The summed E-state index contributed by atoms with van der Waals surface area (Å²) >= 11 is 0. The van der Waals surface area contributed by atoms with E-state index in [-0.39, 0.29) is 18.7 Å². The van der Waals surface area contributed by atoms with Gasteiger partial charge in [0, 0.05) is 13.1 Å². The monoisotopic (exact) mass is 468 g/mol. The van der Waals surface area contributed by atoms with E-state index in [4.69, 9.17) is 13.9 Å². The lowest BCUT2D eigenvalue weighted by atomic mass is 10.1. The first-order valence-corrected chi connectivity index (χ1v) is 11.7. The Balaban J connectivity index is 1.28. The molecule has 1 aliphatic heterocycles. The molecule has 0 bridgehead atoms. The van der Waals surface area contributed by atoms with Gasteiger partial charge in [-0.2, -0.15) is 0 Å². The second kappa shape index (κ2) is 10.5. The number of fused-ring (bicyclic) bond motifs is 1. The Morgan fingerprint density at radius 2 is 1.54 bits per heavy atom. The molecule has 178 valence electrons. The third kappa shape index (κ3) is 5.73. The number of hydrogen-bond acceptors (Lipinski definition) is 5. The Kier molecular flexibility index (Phi) is 6.82. The Hall–Kier alpha value is -4.03. The van der Waals surface area contributed by atoms with Gasteiger partial charge in [0.05, 0.1) is 12.6 Å². The number of benzene rings is 3. The van der Waals surface area contributed by atoms with Gasteiger partial charge in [-0.15, -0.1) is 0 Å². The van der Waals surface area contributed by atoms with Crippen molar-refractivity contribution >= 4 is 5.91 Å². The fourth-order valence-electron chi connectivity index (χ4n) is 4.20. The maximum Gasteiger partial charge on any atom is 0.287 e. The molecule has 0 fully saturated rings. The van der Waals surface area contributed by atoms with Crippen molar-refractivity contribution in [2.45, 2.75) is 32.6 Å². The Morgan fingerprint density at radius 1 is 0.829 bits per heavy atom. The molecule has 0 spiro atoms. The molecule has 1 aliphatic rings. The number of nitrogens with zero attached hydrogens (tertiary/aromatic N) is 1. The van der Waals surface area contributed by atoms with Crippen LogP contribution in [0.25, 0.3) is 0 Å². The van der Waals surface area contributed by atoms with Crippen LogP contribution in [-0.2, 0) is 19.6 Å². The number of rotatable bonds is 9. The molecule has 6 heteroatoms. The van der Waals surface area contributed by atoms with Gasteiger partial charge in [-0.3, -0.25) is 9.69 Å². The topological polar surface area (TPSA) is 63.9 Å². The summed E-state index contributed by atoms with van der Waals surface area (Å²) < 4.78 is 17.0. The molecule has 6 nitrogen and oxygen atoms in total. The molecule has 0 saturated heterocycles. The highest BCUT2D eigenvalue weighted by Gasteiger charge is 2.18. The van der Waals surface area contributed by atoms with Gasteiger partial charge in [0.1, 0.15) is 5.76 Å². The Bertz CT molecular complexity index is 1270. The van der Waals surface area contributed by atoms with E-state index in [1.54, 1.807) is 6.07 Å². The minimum atomic E-state index is -0.224. The van der Waals surface area contributed by atoms with Crippen molar-refractivity contribution in [3.8, 4) is 11.5 Å². The first-order chi connectivity index (χ1) is 17.1. The highest BCUT2D eigenvalue weighted by molar-refractivity contribution is 5.91. The number of hydrogen-bond donors (Lipinski definition) is 1. The standard InChI is InChI=1S/C29H28N2O4/c1-21(24-10-6-3-7-11-24)30-29(32)27-15-13-25(35-27)19-31(17-22-8-4-2-5-9-22)18-23-12-14-26-28(16-23)34-20-33-26/h2-16,21H,17-20H2,1H3,(H,30,32). The van der Waals surface area contributed by atoms with Crippen molar-refractivity contribution in [2.24, 2.45) is 0 Å². The minimum absolute atomic E-state index is 0.113. The second-order valence-electron chi connectivity index (χ2n) is 8.69. The van der Waals surface area contributed by atoms with Crippen molar-refractivity contribution < 1.29 is 18.7 Å². The summed E-state index contributed by atoms with van der Waals surface area (Å²) in [6.07, 6.45) is 0. The molecule has 0 aliphatic carbocycles. The van der Waals surface area contributed by atoms with Gasteiger partial charge in [-0.25, -0.2) is 0 Å². The van der Waals surface area contributed by atoms with E-state index in [0.29, 0.717) is 18.8 Å². The molecule has 2 heterocycles. The van der Waals surface area contributed by atoms with E-state index >= 15 is 0 Å². The molecular weight excluding hydrogens is 440 g/mol. The van der Waals surface area contributed by atoms with Crippen LogP contribution in [0.5, 0.6) is 11.5 Å². The molecule has 3 aromatic carbocycles. The first-order valence-electron chi connectivity index (χ1n) is 11.7. The van der Waals surface area contributed by atoms with E-state index in [1.807, 2.05) is 73.7 Å². The lowest BCUT2D eigenvalue weighted by Gasteiger charge is -2.22. The average molecular weight is 469 g/mol. The summed E-state index contributed by atoms with van der Waals surface area (Å²) in [6, 6.07) is 29.7. The summed E-state index contributed by atoms with van der Waals surface area (Å²) in [5, 5.41) is 3.01. The van der Waals surface area contributed by atoms with E-state index in [1.165, 1.54) is 5.56 Å². The smallest absolute Gasteiger partial charge is 0.287 e. The fraction of sp³-hybridized carbons (Fsp3) is 0.207. The van der Waals surface area contributed by atoms with Gasteiger partial charge < -0.3 is 19.2 Å². The third-order valence-corrected chi connectivity index (χ3v) is 6.00. The molecule has 1 unspecified atom stereocenters. The van der Waals surface area contributed by atoms with Crippen LogP contribution in [0.15, 0.2) is 95.4 Å². The molecular formula is C29H28N2O4. The highest BCUT2D eigenvalue weighted by atomic mass is 16.7. The molecule has 35 heavy (non-hydrogen) atoms. The van der Waals surface area contributed by atoms with Crippen molar-refractivity contribution in [3.05, 3.63) is 119 Å². The number of carbonyl (C=O) groups is 1. The largest absolute Gasteiger partial charge is 0.455 e.